The van der Waals surface area contributed by atoms with E-state index in [2.05, 4.69) is 9.97 Å². The summed E-state index contributed by atoms with van der Waals surface area (Å²) in [4.78, 5) is 8.03. The highest BCUT2D eigenvalue weighted by Crippen LogP contribution is 2.34. The molecule has 0 atom stereocenters. The molecule has 118 valence electrons. The molecule has 0 aliphatic carbocycles. The Morgan fingerprint density at radius 2 is 1.91 bits per heavy atom. The van der Waals surface area contributed by atoms with Crippen LogP contribution in [0, 0.1) is 11.3 Å². The van der Waals surface area contributed by atoms with E-state index < -0.39 is 0 Å². The molecular weight excluding hydrogens is 294 g/mol. The standard InChI is InChI=1S/C16H17N5O2/c17-9-12-14(20-16(19)21-15(12)18)11-3-1-2-4-13(11)23-10-5-7-22-8-6-10/h1-4,10H,5-8H2,(H4,18,19,20,21). The lowest BCUT2D eigenvalue weighted by Crippen LogP contribution is -2.26. The Morgan fingerprint density at radius 1 is 1.17 bits per heavy atom. The van der Waals surface area contributed by atoms with E-state index in [4.69, 9.17) is 20.9 Å². The van der Waals surface area contributed by atoms with Crippen molar-refractivity contribution in [3.63, 3.8) is 0 Å². The quantitative estimate of drug-likeness (QED) is 0.885. The number of nitrogens with two attached hydrogens (primary N) is 2. The number of rotatable bonds is 3. The first-order chi connectivity index (χ1) is 11.2. The average Bonchev–Trinajstić information content (AvgIpc) is 2.56. The molecule has 0 radical (unpaired) electrons. The molecule has 0 unspecified atom stereocenters. The number of benzene rings is 1. The number of nitrogen functional groups attached to an aromatic ring is 2. The Kier molecular flexibility index (Phi) is 4.26. The molecule has 4 N–H and O–H groups in total. The lowest BCUT2D eigenvalue weighted by atomic mass is 10.1. The second-order valence-corrected chi connectivity index (χ2v) is 5.23. The molecule has 1 fully saturated rings. The molecule has 0 saturated carbocycles. The number of nitriles is 1. The average molecular weight is 311 g/mol. The molecule has 0 bridgehead atoms. The first-order valence-corrected chi connectivity index (χ1v) is 7.36. The van der Waals surface area contributed by atoms with Crippen molar-refractivity contribution >= 4 is 11.8 Å². The Morgan fingerprint density at radius 3 is 2.65 bits per heavy atom. The van der Waals surface area contributed by atoms with E-state index in [9.17, 15) is 5.26 Å². The molecule has 1 aromatic carbocycles. The van der Waals surface area contributed by atoms with Crippen LogP contribution >= 0.6 is 0 Å². The number of para-hydroxylation sites is 1. The van der Waals surface area contributed by atoms with Gasteiger partial charge in [0.2, 0.25) is 5.95 Å². The van der Waals surface area contributed by atoms with Gasteiger partial charge in [-0.2, -0.15) is 10.2 Å². The van der Waals surface area contributed by atoms with Gasteiger partial charge in [-0.25, -0.2) is 4.98 Å². The lowest BCUT2D eigenvalue weighted by Gasteiger charge is -2.24. The molecule has 1 aliphatic heterocycles. The third-order valence-corrected chi connectivity index (χ3v) is 3.67. The number of ether oxygens (including phenoxy) is 2. The van der Waals surface area contributed by atoms with Crippen molar-refractivity contribution in [1.29, 1.82) is 5.26 Å². The molecule has 23 heavy (non-hydrogen) atoms. The van der Waals surface area contributed by atoms with Crippen molar-refractivity contribution in [2.24, 2.45) is 0 Å². The van der Waals surface area contributed by atoms with Gasteiger partial charge in [-0.1, -0.05) is 12.1 Å². The van der Waals surface area contributed by atoms with Crippen molar-refractivity contribution < 1.29 is 9.47 Å². The Hall–Kier alpha value is -2.85. The van der Waals surface area contributed by atoms with E-state index >= 15 is 0 Å². The SMILES string of the molecule is N#Cc1c(N)nc(N)nc1-c1ccccc1OC1CCOCC1. The molecule has 7 nitrogen and oxygen atoms in total. The minimum Gasteiger partial charge on any atom is -0.490 e. The van der Waals surface area contributed by atoms with Gasteiger partial charge in [-0.15, -0.1) is 0 Å². The summed E-state index contributed by atoms with van der Waals surface area (Å²) in [7, 11) is 0. The van der Waals surface area contributed by atoms with Gasteiger partial charge in [0.25, 0.3) is 0 Å². The zero-order valence-corrected chi connectivity index (χ0v) is 12.5. The van der Waals surface area contributed by atoms with E-state index in [1.165, 1.54) is 0 Å². The second kappa shape index (κ2) is 6.50. The van der Waals surface area contributed by atoms with Gasteiger partial charge in [-0.05, 0) is 12.1 Å². The van der Waals surface area contributed by atoms with Crippen LogP contribution in [0.2, 0.25) is 0 Å². The zero-order chi connectivity index (χ0) is 16.2. The van der Waals surface area contributed by atoms with Crippen molar-refractivity contribution in [3.8, 4) is 23.1 Å². The summed E-state index contributed by atoms with van der Waals surface area (Å²) in [5, 5.41) is 9.36. The van der Waals surface area contributed by atoms with Gasteiger partial charge in [0.05, 0.1) is 18.9 Å². The van der Waals surface area contributed by atoms with Crippen molar-refractivity contribution in [3.05, 3.63) is 29.8 Å². The first kappa shape index (κ1) is 15.1. The maximum absolute atomic E-state index is 9.36. The smallest absolute Gasteiger partial charge is 0.222 e. The summed E-state index contributed by atoms with van der Waals surface area (Å²) in [5.41, 5.74) is 12.7. The van der Waals surface area contributed by atoms with Gasteiger partial charge in [0.15, 0.2) is 0 Å². The molecule has 1 aromatic heterocycles. The van der Waals surface area contributed by atoms with E-state index in [1.54, 1.807) is 0 Å². The fourth-order valence-corrected chi connectivity index (χ4v) is 2.54. The largest absolute Gasteiger partial charge is 0.490 e. The van der Waals surface area contributed by atoms with Crippen LogP contribution in [-0.4, -0.2) is 29.3 Å². The van der Waals surface area contributed by atoms with Crippen molar-refractivity contribution in [2.45, 2.75) is 18.9 Å². The maximum Gasteiger partial charge on any atom is 0.222 e. The van der Waals surface area contributed by atoms with Gasteiger partial charge >= 0.3 is 0 Å². The fraction of sp³-hybridized carbons (Fsp3) is 0.312. The zero-order valence-electron chi connectivity index (χ0n) is 12.5. The van der Waals surface area contributed by atoms with Crippen molar-refractivity contribution in [2.75, 3.05) is 24.7 Å². The Labute approximate surface area is 133 Å². The van der Waals surface area contributed by atoms with Crippen molar-refractivity contribution in [1.82, 2.24) is 9.97 Å². The highest BCUT2D eigenvalue weighted by molar-refractivity contribution is 5.77. The minimum atomic E-state index is 0.0253. The number of aromatic nitrogens is 2. The molecule has 2 heterocycles. The van der Waals surface area contributed by atoms with Gasteiger partial charge in [-0.3, -0.25) is 0 Å². The number of hydrogen-bond acceptors (Lipinski definition) is 7. The summed E-state index contributed by atoms with van der Waals surface area (Å²) < 4.78 is 11.4. The summed E-state index contributed by atoms with van der Waals surface area (Å²) in [6.45, 7) is 1.37. The lowest BCUT2D eigenvalue weighted by molar-refractivity contribution is 0.0258. The van der Waals surface area contributed by atoms with E-state index in [-0.39, 0.29) is 23.4 Å². The summed E-state index contributed by atoms with van der Waals surface area (Å²) in [6.07, 6.45) is 1.73. The summed E-state index contributed by atoms with van der Waals surface area (Å²) in [5.74, 6) is 0.738. The molecule has 7 heteroatoms. The third-order valence-electron chi connectivity index (χ3n) is 3.67. The first-order valence-electron chi connectivity index (χ1n) is 7.36. The van der Waals surface area contributed by atoms with Crippen LogP contribution in [0.1, 0.15) is 18.4 Å². The number of anilines is 2. The summed E-state index contributed by atoms with van der Waals surface area (Å²) >= 11 is 0. The normalized spacial score (nSPS) is 15.1. The number of hydrogen-bond donors (Lipinski definition) is 2. The minimum absolute atomic E-state index is 0.0253. The van der Waals surface area contributed by atoms with Crippen LogP contribution in [-0.2, 0) is 4.74 Å². The van der Waals surface area contributed by atoms with Gasteiger partial charge < -0.3 is 20.9 Å². The van der Waals surface area contributed by atoms with Crippen LogP contribution < -0.4 is 16.2 Å². The molecule has 1 saturated heterocycles. The van der Waals surface area contributed by atoms with Crippen LogP contribution in [0.4, 0.5) is 11.8 Å². The van der Waals surface area contributed by atoms with Crippen LogP contribution in [0.3, 0.4) is 0 Å². The molecule has 0 spiro atoms. The third kappa shape index (κ3) is 3.17. The molecule has 3 rings (SSSR count). The Bertz CT molecular complexity index is 751. The molecular formula is C16H17N5O2. The molecule has 0 amide bonds. The van der Waals surface area contributed by atoms with Crippen LogP contribution in [0.15, 0.2) is 24.3 Å². The summed E-state index contributed by atoms with van der Waals surface area (Å²) in [6, 6.07) is 9.44. The maximum atomic E-state index is 9.36. The van der Waals surface area contributed by atoms with E-state index in [0.717, 1.165) is 12.8 Å². The highest BCUT2D eigenvalue weighted by atomic mass is 16.5. The number of nitrogens with zero attached hydrogens (tertiary/aromatic N) is 3. The van der Waals surface area contributed by atoms with Crippen LogP contribution in [0.5, 0.6) is 5.75 Å². The monoisotopic (exact) mass is 311 g/mol. The van der Waals surface area contributed by atoms with Gasteiger partial charge in [0.1, 0.15) is 29.3 Å². The molecule has 2 aromatic rings. The molecule has 1 aliphatic rings. The van der Waals surface area contributed by atoms with Crippen LogP contribution in [0.25, 0.3) is 11.3 Å². The topological polar surface area (TPSA) is 120 Å². The van der Waals surface area contributed by atoms with E-state index in [0.29, 0.717) is 30.2 Å². The predicted molar refractivity (Wildman–Crippen MR) is 85.5 cm³/mol. The highest BCUT2D eigenvalue weighted by Gasteiger charge is 2.20. The van der Waals surface area contributed by atoms with E-state index in [1.807, 2.05) is 30.3 Å². The fourth-order valence-electron chi connectivity index (χ4n) is 2.54. The van der Waals surface area contributed by atoms with Gasteiger partial charge in [0, 0.05) is 18.4 Å². The second-order valence-electron chi connectivity index (χ2n) is 5.23. The Balaban J connectivity index is 2.02. The predicted octanol–water partition coefficient (Wildman–Crippen LogP) is 1.74.